The van der Waals surface area contributed by atoms with Gasteiger partial charge in [-0.25, -0.2) is 0 Å². The first kappa shape index (κ1) is 16.5. The molecule has 0 bridgehead atoms. The summed E-state index contributed by atoms with van der Waals surface area (Å²) in [5.74, 6) is 1.27. The molecule has 0 atom stereocenters. The number of rotatable bonds is 6. The molecule has 3 nitrogen and oxygen atoms in total. The van der Waals surface area contributed by atoms with E-state index in [1.54, 1.807) is 17.6 Å². The average molecular weight is 339 g/mol. The maximum absolute atomic E-state index is 13.0. The molecule has 0 N–H and O–H groups in total. The summed E-state index contributed by atoms with van der Waals surface area (Å²) in [5.41, 5.74) is 1.95. The van der Waals surface area contributed by atoms with Crippen LogP contribution in [-0.4, -0.2) is 10.8 Å². The second-order valence-electron chi connectivity index (χ2n) is 6.10. The van der Waals surface area contributed by atoms with E-state index in [0.717, 1.165) is 10.6 Å². The van der Waals surface area contributed by atoms with Gasteiger partial charge in [0.25, 0.3) is 5.91 Å². The van der Waals surface area contributed by atoms with Crippen molar-refractivity contribution >= 4 is 17.2 Å². The number of hydrogen-bond acceptors (Lipinski definition) is 3. The fourth-order valence-corrected chi connectivity index (χ4v) is 3.29. The quantitative estimate of drug-likeness (QED) is 0.610. The van der Waals surface area contributed by atoms with E-state index in [4.69, 9.17) is 4.42 Å². The highest BCUT2D eigenvalue weighted by Crippen LogP contribution is 2.19. The van der Waals surface area contributed by atoms with Crippen molar-refractivity contribution in [2.24, 2.45) is 0 Å². The molecule has 2 heterocycles. The fraction of sp³-hybridized carbons (Fsp3) is 0.250. The molecule has 0 radical (unpaired) electrons. The van der Waals surface area contributed by atoms with Crippen LogP contribution >= 0.6 is 11.3 Å². The van der Waals surface area contributed by atoms with E-state index < -0.39 is 0 Å². The summed E-state index contributed by atoms with van der Waals surface area (Å²) in [6.07, 6.45) is 1.64. The van der Waals surface area contributed by atoms with Crippen molar-refractivity contribution in [2.75, 3.05) is 0 Å². The van der Waals surface area contributed by atoms with Crippen LogP contribution in [0, 0.1) is 0 Å². The molecule has 0 aliphatic carbocycles. The highest BCUT2D eigenvalue weighted by atomic mass is 32.1. The minimum atomic E-state index is 0.0232. The summed E-state index contributed by atoms with van der Waals surface area (Å²) in [4.78, 5) is 16.0. The second-order valence-corrected chi connectivity index (χ2v) is 7.13. The van der Waals surface area contributed by atoms with Gasteiger partial charge in [-0.3, -0.25) is 4.79 Å². The summed E-state index contributed by atoms with van der Waals surface area (Å²) in [6.45, 7) is 5.35. The molecule has 0 spiro atoms. The monoisotopic (exact) mass is 339 g/mol. The number of thiophene rings is 1. The number of furan rings is 1. The Labute approximate surface area is 146 Å². The van der Waals surface area contributed by atoms with Crippen LogP contribution in [0.5, 0.6) is 0 Å². The molecule has 0 fully saturated rings. The zero-order chi connectivity index (χ0) is 16.9. The third kappa shape index (κ3) is 3.95. The minimum Gasteiger partial charge on any atom is -0.467 e. The first-order valence-electron chi connectivity index (χ1n) is 8.07. The molecule has 0 saturated carbocycles. The Morgan fingerprint density at radius 2 is 1.88 bits per heavy atom. The Morgan fingerprint density at radius 3 is 2.46 bits per heavy atom. The Morgan fingerprint density at radius 1 is 1.08 bits per heavy atom. The van der Waals surface area contributed by atoms with Crippen LogP contribution in [0.15, 0.2) is 64.6 Å². The van der Waals surface area contributed by atoms with Crippen molar-refractivity contribution in [3.8, 4) is 0 Å². The summed E-state index contributed by atoms with van der Waals surface area (Å²) in [5, 5.41) is 2.03. The van der Waals surface area contributed by atoms with E-state index in [0.29, 0.717) is 24.6 Å². The predicted octanol–water partition coefficient (Wildman–Crippen LogP) is 5.31. The molecule has 4 heteroatoms. The average Bonchev–Trinajstić information content (AvgIpc) is 3.27. The second kappa shape index (κ2) is 7.49. The normalized spacial score (nSPS) is 11.0. The Kier molecular flexibility index (Phi) is 5.16. The lowest BCUT2D eigenvalue weighted by atomic mass is 10.0. The maximum Gasteiger partial charge on any atom is 0.254 e. The van der Waals surface area contributed by atoms with Crippen LogP contribution < -0.4 is 0 Å². The van der Waals surface area contributed by atoms with Gasteiger partial charge >= 0.3 is 0 Å². The van der Waals surface area contributed by atoms with Gasteiger partial charge in [0.1, 0.15) is 5.76 Å². The van der Waals surface area contributed by atoms with Crippen LogP contribution in [0.2, 0.25) is 0 Å². The molecular formula is C20H21NO2S. The molecule has 3 aromatic rings. The van der Waals surface area contributed by atoms with E-state index in [-0.39, 0.29) is 5.91 Å². The molecule has 3 rings (SSSR count). The first-order valence-corrected chi connectivity index (χ1v) is 8.95. The van der Waals surface area contributed by atoms with Crippen molar-refractivity contribution in [3.63, 3.8) is 0 Å². The minimum absolute atomic E-state index is 0.0232. The summed E-state index contributed by atoms with van der Waals surface area (Å²) < 4.78 is 5.43. The molecule has 0 unspecified atom stereocenters. The summed E-state index contributed by atoms with van der Waals surface area (Å²) >= 11 is 1.66. The Hall–Kier alpha value is -2.33. The highest BCUT2D eigenvalue weighted by Gasteiger charge is 2.18. The number of carbonyl (C=O) groups is 1. The van der Waals surface area contributed by atoms with Crippen molar-refractivity contribution in [3.05, 3.63) is 81.9 Å². The van der Waals surface area contributed by atoms with E-state index in [2.05, 4.69) is 19.9 Å². The summed E-state index contributed by atoms with van der Waals surface area (Å²) in [6, 6.07) is 15.7. The molecular weight excluding hydrogens is 318 g/mol. The highest BCUT2D eigenvalue weighted by molar-refractivity contribution is 7.09. The van der Waals surface area contributed by atoms with Crippen LogP contribution in [0.25, 0.3) is 0 Å². The van der Waals surface area contributed by atoms with Crippen LogP contribution in [-0.2, 0) is 13.1 Å². The summed E-state index contributed by atoms with van der Waals surface area (Å²) in [7, 11) is 0. The molecule has 1 amide bonds. The molecule has 24 heavy (non-hydrogen) atoms. The third-order valence-corrected chi connectivity index (χ3v) is 4.83. The zero-order valence-electron chi connectivity index (χ0n) is 13.9. The number of benzene rings is 1. The Bertz CT molecular complexity index is 722. The topological polar surface area (TPSA) is 33.5 Å². The zero-order valence-corrected chi connectivity index (χ0v) is 14.8. The lowest BCUT2D eigenvalue weighted by Crippen LogP contribution is -2.29. The molecule has 2 aromatic heterocycles. The van der Waals surface area contributed by atoms with Gasteiger partial charge in [0.15, 0.2) is 0 Å². The standard InChI is InChI=1S/C20H21NO2S/c1-15(2)16-7-9-17(10-8-16)20(22)21(13-18-5-3-11-23-18)14-19-6-4-12-24-19/h3-12,15H,13-14H2,1-2H3. The Balaban J connectivity index is 1.81. The molecule has 1 aromatic carbocycles. The van der Waals surface area contributed by atoms with Gasteiger partial charge in [0.05, 0.1) is 19.4 Å². The molecule has 0 saturated heterocycles. The van der Waals surface area contributed by atoms with Crippen LogP contribution in [0.1, 0.15) is 46.3 Å². The largest absolute Gasteiger partial charge is 0.467 e. The lowest BCUT2D eigenvalue weighted by Gasteiger charge is -2.21. The van der Waals surface area contributed by atoms with Gasteiger partial charge in [0.2, 0.25) is 0 Å². The van der Waals surface area contributed by atoms with Crippen molar-refractivity contribution in [1.82, 2.24) is 4.90 Å². The number of hydrogen-bond donors (Lipinski definition) is 0. The molecule has 124 valence electrons. The van der Waals surface area contributed by atoms with Gasteiger partial charge < -0.3 is 9.32 Å². The van der Waals surface area contributed by atoms with E-state index in [1.165, 1.54) is 5.56 Å². The van der Waals surface area contributed by atoms with Gasteiger partial charge in [0, 0.05) is 10.4 Å². The van der Waals surface area contributed by atoms with E-state index >= 15 is 0 Å². The van der Waals surface area contributed by atoms with Crippen molar-refractivity contribution < 1.29 is 9.21 Å². The van der Waals surface area contributed by atoms with Gasteiger partial charge in [-0.1, -0.05) is 32.0 Å². The SMILES string of the molecule is CC(C)c1ccc(C(=O)N(Cc2ccco2)Cc2cccs2)cc1. The van der Waals surface area contributed by atoms with Gasteiger partial charge in [-0.2, -0.15) is 0 Å². The maximum atomic E-state index is 13.0. The van der Waals surface area contributed by atoms with Gasteiger partial charge in [-0.15, -0.1) is 11.3 Å². The van der Waals surface area contributed by atoms with Crippen molar-refractivity contribution in [1.29, 1.82) is 0 Å². The molecule has 0 aliphatic rings. The third-order valence-electron chi connectivity index (χ3n) is 3.97. The smallest absolute Gasteiger partial charge is 0.254 e. The lowest BCUT2D eigenvalue weighted by molar-refractivity contribution is 0.0719. The fourth-order valence-electron chi connectivity index (χ4n) is 2.57. The van der Waals surface area contributed by atoms with Crippen LogP contribution in [0.4, 0.5) is 0 Å². The van der Waals surface area contributed by atoms with E-state index in [1.807, 2.05) is 52.7 Å². The number of carbonyl (C=O) groups excluding carboxylic acids is 1. The van der Waals surface area contributed by atoms with Gasteiger partial charge in [-0.05, 0) is 47.2 Å². The molecule has 0 aliphatic heterocycles. The van der Waals surface area contributed by atoms with Crippen LogP contribution in [0.3, 0.4) is 0 Å². The first-order chi connectivity index (χ1) is 11.6. The number of amides is 1. The predicted molar refractivity (Wildman–Crippen MR) is 97.1 cm³/mol. The van der Waals surface area contributed by atoms with E-state index in [9.17, 15) is 4.79 Å². The van der Waals surface area contributed by atoms with Crippen molar-refractivity contribution in [2.45, 2.75) is 32.9 Å². The number of nitrogens with zero attached hydrogens (tertiary/aromatic N) is 1.